The maximum Gasteiger partial charge on any atom is 0.339 e. The monoisotopic (exact) mass is 612 g/mol. The number of nitrogens with one attached hydrogen (secondary N) is 1. The lowest BCUT2D eigenvalue weighted by molar-refractivity contribution is -0.127. The Bertz CT molecular complexity index is 1870. The zero-order valence-corrected chi connectivity index (χ0v) is 24.8. The highest BCUT2D eigenvalue weighted by Gasteiger charge is 2.36. The molecule has 1 saturated heterocycles. The van der Waals surface area contributed by atoms with Crippen molar-refractivity contribution < 1.29 is 23.9 Å². The Hall–Kier alpha value is -4.85. The minimum atomic E-state index is -0.634. The van der Waals surface area contributed by atoms with Gasteiger partial charge in [-0.05, 0) is 67.6 Å². The van der Waals surface area contributed by atoms with Crippen LogP contribution in [-0.2, 0) is 20.9 Å². The Labute approximate surface area is 256 Å². The number of esters is 1. The van der Waals surface area contributed by atoms with Crippen molar-refractivity contribution in [3.63, 3.8) is 0 Å². The van der Waals surface area contributed by atoms with Crippen molar-refractivity contribution in [2.45, 2.75) is 20.4 Å². The Morgan fingerprint density at radius 2 is 1.84 bits per heavy atom. The van der Waals surface area contributed by atoms with Gasteiger partial charge in [-0.25, -0.2) is 4.79 Å². The Balaban J connectivity index is 1.38. The summed E-state index contributed by atoms with van der Waals surface area (Å²) in [5, 5.41) is 12.6. The molecule has 0 unspecified atom stereocenters. The van der Waals surface area contributed by atoms with E-state index in [1.807, 2.05) is 49.4 Å². The highest BCUT2D eigenvalue weighted by molar-refractivity contribution is 8.18. The molecule has 9 nitrogen and oxygen atoms in total. The number of anilines is 1. The molecule has 4 aromatic rings. The second-order valence-corrected chi connectivity index (χ2v) is 11.0. The number of nitrogens with zero attached hydrogens (tertiary/aromatic N) is 3. The fraction of sp³-hybridized carbons (Fsp3) is 0.156. The SMILES string of the molecule is CCOC(=O)c1cc(NC(=O)CN2C(=O)S/C(=C\c3c(C)n(Cc4ccccc4C#N)c4ccccc34)C2=O)ccc1Cl. The van der Waals surface area contributed by atoms with Gasteiger partial charge in [0.15, 0.2) is 0 Å². The van der Waals surface area contributed by atoms with Gasteiger partial charge in [-0.15, -0.1) is 0 Å². The number of hydrogen-bond acceptors (Lipinski definition) is 7. The fourth-order valence-corrected chi connectivity index (χ4v) is 5.88. The Kier molecular flexibility index (Phi) is 8.66. The average Bonchev–Trinajstić information content (AvgIpc) is 3.41. The standard InChI is InChI=1S/C32H25ClN4O5S/c1-3-42-31(40)25-14-22(12-13-26(25)33)35-29(38)18-37-30(39)28(43-32(37)41)15-24-19(2)36(27-11-7-6-10-23(24)27)17-21-9-5-4-8-20(21)16-34/h4-15H,3,17-18H2,1-2H3,(H,35,38)/b28-15-. The van der Waals surface area contributed by atoms with Gasteiger partial charge in [0.05, 0.1) is 33.7 Å². The van der Waals surface area contributed by atoms with Crippen LogP contribution in [-0.4, -0.2) is 45.6 Å². The van der Waals surface area contributed by atoms with Crippen LogP contribution >= 0.6 is 23.4 Å². The zero-order chi connectivity index (χ0) is 30.7. The van der Waals surface area contributed by atoms with Crippen LogP contribution in [0.25, 0.3) is 17.0 Å². The number of aromatic nitrogens is 1. The number of rotatable bonds is 8. The van der Waals surface area contributed by atoms with E-state index in [0.29, 0.717) is 12.1 Å². The van der Waals surface area contributed by atoms with Crippen molar-refractivity contribution in [1.82, 2.24) is 9.47 Å². The van der Waals surface area contributed by atoms with Crippen LogP contribution in [0.15, 0.2) is 71.6 Å². The molecule has 43 heavy (non-hydrogen) atoms. The Morgan fingerprint density at radius 1 is 1.09 bits per heavy atom. The van der Waals surface area contributed by atoms with Crippen molar-refractivity contribution in [3.8, 4) is 6.07 Å². The topological polar surface area (TPSA) is 122 Å². The molecule has 0 saturated carbocycles. The number of para-hydroxylation sites is 1. The van der Waals surface area contributed by atoms with Gasteiger partial charge < -0.3 is 14.6 Å². The highest BCUT2D eigenvalue weighted by atomic mass is 35.5. The van der Waals surface area contributed by atoms with Gasteiger partial charge in [0.2, 0.25) is 5.91 Å². The van der Waals surface area contributed by atoms with E-state index in [4.69, 9.17) is 16.3 Å². The van der Waals surface area contributed by atoms with Crippen LogP contribution in [0.5, 0.6) is 0 Å². The fourth-order valence-electron chi connectivity index (χ4n) is 4.86. The lowest BCUT2D eigenvalue weighted by Crippen LogP contribution is -2.36. The van der Waals surface area contributed by atoms with Gasteiger partial charge in [0, 0.05) is 34.4 Å². The first-order chi connectivity index (χ1) is 20.7. The molecule has 0 aliphatic carbocycles. The molecular formula is C32H25ClN4O5S. The molecule has 2 heterocycles. The van der Waals surface area contributed by atoms with Crippen molar-refractivity contribution >= 4 is 69.1 Å². The van der Waals surface area contributed by atoms with Crippen LogP contribution in [0, 0.1) is 18.3 Å². The number of nitriles is 1. The van der Waals surface area contributed by atoms with Crippen LogP contribution in [0.2, 0.25) is 5.02 Å². The largest absolute Gasteiger partial charge is 0.462 e. The molecule has 0 bridgehead atoms. The summed E-state index contributed by atoms with van der Waals surface area (Å²) in [5.41, 5.74) is 4.34. The van der Waals surface area contributed by atoms with Gasteiger partial charge >= 0.3 is 5.97 Å². The number of carbonyl (C=O) groups excluding carboxylic acids is 4. The molecule has 0 atom stereocenters. The summed E-state index contributed by atoms with van der Waals surface area (Å²) < 4.78 is 7.06. The normalized spacial score (nSPS) is 13.9. The predicted octanol–water partition coefficient (Wildman–Crippen LogP) is 6.37. The second-order valence-electron chi connectivity index (χ2n) is 9.60. The van der Waals surface area contributed by atoms with Crippen LogP contribution < -0.4 is 5.32 Å². The maximum absolute atomic E-state index is 13.3. The lowest BCUT2D eigenvalue weighted by Gasteiger charge is -2.13. The van der Waals surface area contributed by atoms with Crippen molar-refractivity contribution in [3.05, 3.63) is 105 Å². The molecule has 3 amide bonds. The number of benzene rings is 3. The number of amides is 3. The molecule has 1 aliphatic heterocycles. The van der Waals surface area contributed by atoms with E-state index in [9.17, 15) is 24.4 Å². The third-order valence-corrected chi connectivity index (χ3v) is 8.18. The van der Waals surface area contributed by atoms with E-state index in [2.05, 4.69) is 16.0 Å². The van der Waals surface area contributed by atoms with E-state index in [1.54, 1.807) is 19.1 Å². The minimum absolute atomic E-state index is 0.0843. The van der Waals surface area contributed by atoms with E-state index >= 15 is 0 Å². The summed E-state index contributed by atoms with van der Waals surface area (Å²) in [5.74, 6) is -1.84. The number of hydrogen-bond donors (Lipinski definition) is 1. The number of fused-ring (bicyclic) bond motifs is 1. The van der Waals surface area contributed by atoms with Crippen molar-refractivity contribution in [2.75, 3.05) is 18.5 Å². The van der Waals surface area contributed by atoms with Crippen molar-refractivity contribution in [2.24, 2.45) is 0 Å². The summed E-state index contributed by atoms with van der Waals surface area (Å²) >= 11 is 6.85. The molecule has 1 aromatic heterocycles. The average molecular weight is 613 g/mol. The van der Waals surface area contributed by atoms with Gasteiger partial charge in [0.25, 0.3) is 11.1 Å². The summed E-state index contributed by atoms with van der Waals surface area (Å²) in [4.78, 5) is 52.2. The first-order valence-electron chi connectivity index (χ1n) is 13.3. The third kappa shape index (κ3) is 6.04. The lowest BCUT2D eigenvalue weighted by atomic mass is 10.1. The molecular weight excluding hydrogens is 588 g/mol. The number of thioether (sulfide) groups is 1. The molecule has 3 aromatic carbocycles. The van der Waals surface area contributed by atoms with Crippen LogP contribution in [0.3, 0.4) is 0 Å². The van der Waals surface area contributed by atoms with Crippen LogP contribution in [0.1, 0.15) is 39.7 Å². The van der Waals surface area contributed by atoms with Gasteiger partial charge in [-0.3, -0.25) is 19.3 Å². The highest BCUT2D eigenvalue weighted by Crippen LogP contribution is 2.36. The first-order valence-corrected chi connectivity index (χ1v) is 14.5. The molecule has 216 valence electrons. The predicted molar refractivity (Wildman–Crippen MR) is 166 cm³/mol. The summed E-state index contributed by atoms with van der Waals surface area (Å²) in [6.45, 7) is 3.69. The Morgan fingerprint density at radius 3 is 2.60 bits per heavy atom. The smallest absolute Gasteiger partial charge is 0.339 e. The number of carbonyl (C=O) groups is 4. The second kappa shape index (κ2) is 12.6. The van der Waals surface area contributed by atoms with E-state index < -0.39 is 29.6 Å². The maximum atomic E-state index is 13.3. The van der Waals surface area contributed by atoms with E-state index in [0.717, 1.165) is 44.4 Å². The van der Waals surface area contributed by atoms with E-state index in [1.165, 1.54) is 18.2 Å². The van der Waals surface area contributed by atoms with Gasteiger partial charge in [-0.2, -0.15) is 5.26 Å². The van der Waals surface area contributed by atoms with Gasteiger partial charge in [0.1, 0.15) is 6.54 Å². The number of halogens is 1. The zero-order valence-electron chi connectivity index (χ0n) is 23.2. The number of imide groups is 1. The summed E-state index contributed by atoms with van der Waals surface area (Å²) in [6.07, 6.45) is 1.68. The van der Waals surface area contributed by atoms with E-state index in [-0.39, 0.29) is 27.8 Å². The molecule has 0 spiro atoms. The molecule has 1 aliphatic rings. The summed E-state index contributed by atoms with van der Waals surface area (Å²) in [6, 6.07) is 21.7. The molecule has 1 fully saturated rings. The summed E-state index contributed by atoms with van der Waals surface area (Å²) in [7, 11) is 0. The quantitative estimate of drug-likeness (QED) is 0.181. The van der Waals surface area contributed by atoms with Gasteiger partial charge in [-0.1, -0.05) is 48.0 Å². The minimum Gasteiger partial charge on any atom is -0.462 e. The molecule has 1 N–H and O–H groups in total. The molecule has 5 rings (SSSR count). The molecule has 0 radical (unpaired) electrons. The van der Waals surface area contributed by atoms with Crippen molar-refractivity contribution in [1.29, 1.82) is 5.26 Å². The first kappa shape index (κ1) is 29.6. The van der Waals surface area contributed by atoms with Crippen LogP contribution in [0.4, 0.5) is 10.5 Å². The third-order valence-electron chi connectivity index (χ3n) is 6.94. The number of ether oxygens (including phenoxy) is 1. The molecule has 11 heteroatoms.